The van der Waals surface area contributed by atoms with Crippen LogP contribution in [0.15, 0.2) is 24.3 Å². The van der Waals surface area contributed by atoms with E-state index in [1.54, 1.807) is 6.92 Å². The minimum atomic E-state index is -0.0230. The topological polar surface area (TPSA) is 43.1 Å². The van der Waals surface area contributed by atoms with E-state index in [0.717, 1.165) is 12.0 Å². The molecule has 0 amide bonds. The van der Waals surface area contributed by atoms with Crippen LogP contribution in [0.2, 0.25) is 0 Å². The average molecular weight is 219 g/mol. The summed E-state index contributed by atoms with van der Waals surface area (Å²) in [5.74, 6) is 0.747. The van der Waals surface area contributed by atoms with Crippen LogP contribution in [0.3, 0.4) is 0 Å². The van der Waals surface area contributed by atoms with Crippen molar-refractivity contribution >= 4 is 5.78 Å². The first kappa shape index (κ1) is 12.9. The van der Waals surface area contributed by atoms with E-state index in [4.69, 9.17) is 5.73 Å². The second-order valence-corrected chi connectivity index (χ2v) is 4.67. The van der Waals surface area contributed by atoms with E-state index >= 15 is 0 Å². The Bertz CT molecular complexity index is 340. The fraction of sp³-hybridized carbons (Fsp3) is 0.500. The molecule has 1 unspecified atom stereocenters. The van der Waals surface area contributed by atoms with Gasteiger partial charge < -0.3 is 10.5 Å². The molecule has 0 heterocycles. The molecule has 0 radical (unpaired) electrons. The van der Waals surface area contributed by atoms with Crippen LogP contribution in [0.5, 0.6) is 0 Å². The standard InChI is InChI=1S/C14H21NO/c1-10(2)12-5-7-13(8-6-12)14(15)9-4-11(3)16/h5-8,10,14H,4,9,15H2,1-3H3. The SMILES string of the molecule is CC(=O)CCC(N)c1ccc(C(C)C)cc1. The van der Waals surface area contributed by atoms with Gasteiger partial charge in [-0.25, -0.2) is 0 Å². The molecule has 0 saturated carbocycles. The molecule has 2 heteroatoms. The first-order valence-electron chi connectivity index (χ1n) is 5.85. The summed E-state index contributed by atoms with van der Waals surface area (Å²) >= 11 is 0. The fourth-order valence-corrected chi connectivity index (χ4v) is 1.65. The van der Waals surface area contributed by atoms with Crippen molar-refractivity contribution in [3.63, 3.8) is 0 Å². The molecule has 88 valence electrons. The normalized spacial score (nSPS) is 12.8. The molecule has 1 aromatic carbocycles. The third-order valence-corrected chi connectivity index (χ3v) is 2.84. The lowest BCUT2D eigenvalue weighted by Gasteiger charge is -2.12. The molecule has 2 N–H and O–H groups in total. The van der Waals surface area contributed by atoms with Crippen molar-refractivity contribution in [1.29, 1.82) is 0 Å². The largest absolute Gasteiger partial charge is 0.324 e. The molecule has 2 nitrogen and oxygen atoms in total. The summed E-state index contributed by atoms with van der Waals surface area (Å²) in [6.45, 7) is 5.95. The maximum atomic E-state index is 10.9. The van der Waals surface area contributed by atoms with Crippen LogP contribution in [0, 0.1) is 0 Å². The monoisotopic (exact) mass is 219 g/mol. The summed E-state index contributed by atoms with van der Waals surface area (Å²) in [4.78, 5) is 10.9. The Balaban J connectivity index is 2.62. The molecule has 0 bridgehead atoms. The van der Waals surface area contributed by atoms with Gasteiger partial charge in [0.05, 0.1) is 0 Å². The minimum Gasteiger partial charge on any atom is -0.324 e. The van der Waals surface area contributed by atoms with Crippen LogP contribution >= 0.6 is 0 Å². The molecule has 1 rings (SSSR count). The number of carbonyl (C=O) groups is 1. The molecule has 0 spiro atoms. The van der Waals surface area contributed by atoms with E-state index in [0.29, 0.717) is 12.3 Å². The molecular weight excluding hydrogens is 198 g/mol. The van der Waals surface area contributed by atoms with Gasteiger partial charge in [-0.3, -0.25) is 0 Å². The van der Waals surface area contributed by atoms with E-state index in [9.17, 15) is 4.79 Å². The summed E-state index contributed by atoms with van der Waals surface area (Å²) in [6.07, 6.45) is 1.30. The predicted octanol–water partition coefficient (Wildman–Crippen LogP) is 3.18. The highest BCUT2D eigenvalue weighted by atomic mass is 16.1. The Labute approximate surface area is 97.9 Å². The van der Waals surface area contributed by atoms with Crippen LogP contribution < -0.4 is 5.73 Å². The highest BCUT2D eigenvalue weighted by Crippen LogP contribution is 2.20. The second-order valence-electron chi connectivity index (χ2n) is 4.67. The van der Waals surface area contributed by atoms with E-state index in [1.807, 2.05) is 0 Å². The molecule has 0 aliphatic heterocycles. The number of carbonyl (C=O) groups excluding carboxylic acids is 1. The first-order valence-corrected chi connectivity index (χ1v) is 5.85. The molecule has 0 aliphatic carbocycles. The van der Waals surface area contributed by atoms with Crippen molar-refractivity contribution in [3.05, 3.63) is 35.4 Å². The third-order valence-electron chi connectivity index (χ3n) is 2.84. The van der Waals surface area contributed by atoms with E-state index in [-0.39, 0.29) is 11.8 Å². The van der Waals surface area contributed by atoms with Gasteiger partial charge in [-0.05, 0) is 30.4 Å². The molecule has 0 aliphatic rings. The first-order chi connectivity index (χ1) is 7.50. The Morgan fingerprint density at radius 1 is 1.19 bits per heavy atom. The summed E-state index contributed by atoms with van der Waals surface area (Å²) in [5.41, 5.74) is 8.46. The van der Waals surface area contributed by atoms with Gasteiger partial charge in [-0.2, -0.15) is 0 Å². The maximum absolute atomic E-state index is 10.9. The van der Waals surface area contributed by atoms with Gasteiger partial charge in [0.1, 0.15) is 5.78 Å². The number of hydrogen-bond acceptors (Lipinski definition) is 2. The highest BCUT2D eigenvalue weighted by Gasteiger charge is 2.07. The molecule has 16 heavy (non-hydrogen) atoms. The lowest BCUT2D eigenvalue weighted by Crippen LogP contribution is -2.11. The van der Waals surface area contributed by atoms with Crippen molar-refractivity contribution in [3.8, 4) is 0 Å². The van der Waals surface area contributed by atoms with Crippen molar-refractivity contribution in [2.75, 3.05) is 0 Å². The Morgan fingerprint density at radius 3 is 2.12 bits per heavy atom. The van der Waals surface area contributed by atoms with Gasteiger partial charge in [0, 0.05) is 12.5 Å². The third kappa shape index (κ3) is 3.78. The number of rotatable bonds is 5. The average Bonchev–Trinajstić information content (AvgIpc) is 2.26. The van der Waals surface area contributed by atoms with E-state index < -0.39 is 0 Å². The molecule has 0 saturated heterocycles. The van der Waals surface area contributed by atoms with Gasteiger partial charge in [0.25, 0.3) is 0 Å². The quantitative estimate of drug-likeness (QED) is 0.826. The van der Waals surface area contributed by atoms with Gasteiger partial charge >= 0.3 is 0 Å². The highest BCUT2D eigenvalue weighted by molar-refractivity contribution is 5.75. The van der Waals surface area contributed by atoms with Crippen molar-refractivity contribution in [2.24, 2.45) is 5.73 Å². The van der Waals surface area contributed by atoms with Gasteiger partial charge in [-0.1, -0.05) is 38.1 Å². The van der Waals surface area contributed by atoms with Crippen LogP contribution in [-0.2, 0) is 4.79 Å². The summed E-state index contributed by atoms with van der Waals surface area (Å²) in [7, 11) is 0. The number of Topliss-reactive ketones (excluding diaryl/α,β-unsaturated/α-hetero) is 1. The van der Waals surface area contributed by atoms with Crippen molar-refractivity contribution in [1.82, 2.24) is 0 Å². The molecule has 1 aromatic rings. The van der Waals surface area contributed by atoms with E-state index in [2.05, 4.69) is 38.1 Å². The smallest absolute Gasteiger partial charge is 0.129 e. The zero-order valence-corrected chi connectivity index (χ0v) is 10.4. The number of benzene rings is 1. The van der Waals surface area contributed by atoms with Gasteiger partial charge in [-0.15, -0.1) is 0 Å². The fourth-order valence-electron chi connectivity index (χ4n) is 1.65. The van der Waals surface area contributed by atoms with Crippen LogP contribution in [-0.4, -0.2) is 5.78 Å². The maximum Gasteiger partial charge on any atom is 0.129 e. The van der Waals surface area contributed by atoms with Gasteiger partial charge in [0.2, 0.25) is 0 Å². The van der Waals surface area contributed by atoms with Crippen LogP contribution in [0.4, 0.5) is 0 Å². The second kappa shape index (κ2) is 5.80. The Kier molecular flexibility index (Phi) is 4.69. The number of ketones is 1. The zero-order chi connectivity index (χ0) is 12.1. The van der Waals surface area contributed by atoms with Crippen LogP contribution in [0.25, 0.3) is 0 Å². The van der Waals surface area contributed by atoms with Crippen molar-refractivity contribution in [2.45, 2.75) is 45.6 Å². The molecular formula is C14H21NO. The molecule has 0 aromatic heterocycles. The molecule has 1 atom stereocenters. The summed E-state index contributed by atoms with van der Waals surface area (Å²) < 4.78 is 0. The lowest BCUT2D eigenvalue weighted by molar-refractivity contribution is -0.117. The predicted molar refractivity (Wildman–Crippen MR) is 67.4 cm³/mol. The Morgan fingerprint density at radius 2 is 1.69 bits per heavy atom. The van der Waals surface area contributed by atoms with E-state index in [1.165, 1.54) is 5.56 Å². The molecule has 0 fully saturated rings. The van der Waals surface area contributed by atoms with Crippen LogP contribution in [0.1, 0.15) is 56.7 Å². The summed E-state index contributed by atoms with van der Waals surface area (Å²) in [6, 6.07) is 8.35. The summed E-state index contributed by atoms with van der Waals surface area (Å²) in [5, 5.41) is 0. The lowest BCUT2D eigenvalue weighted by atomic mass is 9.97. The minimum absolute atomic E-state index is 0.0230. The Hall–Kier alpha value is -1.15. The number of hydrogen-bond donors (Lipinski definition) is 1. The number of nitrogens with two attached hydrogens (primary N) is 1. The van der Waals surface area contributed by atoms with Gasteiger partial charge in [0.15, 0.2) is 0 Å². The van der Waals surface area contributed by atoms with Crippen molar-refractivity contribution < 1.29 is 4.79 Å². The zero-order valence-electron chi connectivity index (χ0n) is 10.4.